The monoisotopic (exact) mass is 440 g/mol. The van der Waals surface area contributed by atoms with Crippen LogP contribution >= 0.6 is 23.6 Å². The van der Waals surface area contributed by atoms with Gasteiger partial charge in [0.25, 0.3) is 0 Å². The molecule has 1 heterocycles. The van der Waals surface area contributed by atoms with Crippen LogP contribution in [0.3, 0.4) is 0 Å². The Morgan fingerprint density at radius 3 is 2.63 bits per heavy atom. The summed E-state index contributed by atoms with van der Waals surface area (Å²) in [5.74, 6) is 0.325. The zero-order valence-corrected chi connectivity index (χ0v) is 18.0. The van der Waals surface area contributed by atoms with Gasteiger partial charge in [-0.15, -0.1) is 0 Å². The Bertz CT molecular complexity index is 1110. The molecule has 0 aliphatic rings. The maximum atomic E-state index is 12.1. The molecule has 0 atom stereocenters. The Kier molecular flexibility index (Phi) is 7.10. The number of methoxy groups -OCH3 is 1. The smallest absolute Gasteiger partial charge is 0.250 e. The lowest BCUT2D eigenvalue weighted by Gasteiger charge is -2.08. The molecule has 0 spiro atoms. The highest BCUT2D eigenvalue weighted by atomic mass is 32.1. The van der Waals surface area contributed by atoms with Crippen LogP contribution in [0.25, 0.3) is 16.3 Å². The molecule has 0 bridgehead atoms. The minimum absolute atomic E-state index is 0.0843. The zero-order valence-electron chi connectivity index (χ0n) is 16.4. The number of ether oxygens (including phenoxy) is 1. The summed E-state index contributed by atoms with van der Waals surface area (Å²) < 4.78 is 5.99. The fourth-order valence-corrected chi connectivity index (χ4v) is 3.61. The summed E-state index contributed by atoms with van der Waals surface area (Å²) in [5, 5.41) is 9.07. The summed E-state index contributed by atoms with van der Waals surface area (Å²) >= 11 is 6.58. The maximum absolute atomic E-state index is 12.1. The third-order valence-corrected chi connectivity index (χ3v) is 5.13. The van der Waals surface area contributed by atoms with Crippen LogP contribution in [0.1, 0.15) is 18.9 Å². The molecule has 3 aromatic rings. The van der Waals surface area contributed by atoms with Crippen LogP contribution < -0.4 is 20.7 Å². The van der Waals surface area contributed by atoms with Crippen molar-refractivity contribution in [2.75, 3.05) is 17.7 Å². The van der Waals surface area contributed by atoms with E-state index in [0.717, 1.165) is 21.5 Å². The first-order valence-corrected chi connectivity index (χ1v) is 10.3. The Hall–Kier alpha value is -3.30. The summed E-state index contributed by atoms with van der Waals surface area (Å²) in [6.45, 7) is 1.78. The van der Waals surface area contributed by atoms with Gasteiger partial charge in [0.1, 0.15) is 5.75 Å². The number of nitrogens with zero attached hydrogens (tertiary/aromatic N) is 1. The quantitative estimate of drug-likeness (QED) is 0.393. The standard InChI is InChI=1S/C21H20N4O3S2/c1-3-18(26)25-21-23-16-10-7-14(12-17(16)30-21)22-20(29)24-19(27)11-6-13-4-8-15(28-2)9-5-13/h4-12H,3H2,1-2H3,(H,23,25,26)(H2,22,24,27,29)/b11-6+. The van der Waals surface area contributed by atoms with Crippen LogP contribution in [0.15, 0.2) is 48.5 Å². The average Bonchev–Trinajstić information content (AvgIpc) is 3.13. The van der Waals surface area contributed by atoms with E-state index in [1.165, 1.54) is 17.4 Å². The van der Waals surface area contributed by atoms with Gasteiger partial charge < -0.3 is 15.4 Å². The number of thiazole rings is 1. The summed E-state index contributed by atoms with van der Waals surface area (Å²) in [7, 11) is 1.60. The van der Waals surface area contributed by atoms with E-state index in [1.54, 1.807) is 26.2 Å². The molecule has 0 aliphatic carbocycles. The molecule has 3 rings (SSSR count). The second kappa shape index (κ2) is 9.95. The van der Waals surface area contributed by atoms with Crippen LogP contribution in [-0.4, -0.2) is 29.0 Å². The second-order valence-electron chi connectivity index (χ2n) is 6.15. The molecule has 1 aromatic heterocycles. The number of fused-ring (bicyclic) bond motifs is 1. The Morgan fingerprint density at radius 2 is 1.93 bits per heavy atom. The van der Waals surface area contributed by atoms with E-state index in [-0.39, 0.29) is 16.9 Å². The number of carbonyl (C=O) groups excluding carboxylic acids is 2. The lowest BCUT2D eigenvalue weighted by molar-refractivity contribution is -0.116. The SMILES string of the molecule is CCC(=O)Nc1nc2ccc(NC(=S)NC(=O)/C=C/c3ccc(OC)cc3)cc2s1. The molecular weight excluding hydrogens is 420 g/mol. The lowest BCUT2D eigenvalue weighted by Crippen LogP contribution is -2.32. The molecule has 2 amide bonds. The number of benzene rings is 2. The van der Waals surface area contributed by atoms with Crippen LogP contribution in [0, 0.1) is 0 Å². The minimum Gasteiger partial charge on any atom is -0.497 e. The molecule has 0 aliphatic heterocycles. The van der Waals surface area contributed by atoms with Gasteiger partial charge in [-0.2, -0.15) is 0 Å². The van der Waals surface area contributed by atoms with Gasteiger partial charge in [-0.25, -0.2) is 4.98 Å². The van der Waals surface area contributed by atoms with Gasteiger partial charge in [0.2, 0.25) is 11.8 Å². The van der Waals surface area contributed by atoms with Crippen LogP contribution in [0.5, 0.6) is 5.75 Å². The molecule has 0 radical (unpaired) electrons. The molecule has 2 aromatic carbocycles. The van der Waals surface area contributed by atoms with E-state index < -0.39 is 0 Å². The van der Waals surface area contributed by atoms with Crippen LogP contribution in [0.2, 0.25) is 0 Å². The largest absolute Gasteiger partial charge is 0.497 e. The first-order chi connectivity index (χ1) is 14.5. The Morgan fingerprint density at radius 1 is 1.17 bits per heavy atom. The Balaban J connectivity index is 1.57. The van der Waals surface area contributed by atoms with E-state index in [1.807, 2.05) is 36.4 Å². The number of nitrogens with one attached hydrogen (secondary N) is 3. The molecule has 0 unspecified atom stereocenters. The van der Waals surface area contributed by atoms with Crippen molar-refractivity contribution in [3.63, 3.8) is 0 Å². The van der Waals surface area contributed by atoms with Gasteiger partial charge in [-0.1, -0.05) is 30.4 Å². The number of aromatic nitrogens is 1. The fourth-order valence-electron chi connectivity index (χ4n) is 2.47. The van der Waals surface area contributed by atoms with Crippen molar-refractivity contribution in [3.05, 3.63) is 54.1 Å². The first kappa shape index (κ1) is 21.4. The molecule has 0 saturated heterocycles. The predicted octanol–water partition coefficient (Wildman–Crippen LogP) is 4.18. The highest BCUT2D eigenvalue weighted by Crippen LogP contribution is 2.28. The van der Waals surface area contributed by atoms with Crippen molar-refractivity contribution in [2.24, 2.45) is 0 Å². The molecule has 7 nitrogen and oxygen atoms in total. The molecule has 154 valence electrons. The van der Waals surface area contributed by atoms with Gasteiger partial charge in [0, 0.05) is 18.2 Å². The second-order valence-corrected chi connectivity index (χ2v) is 7.59. The van der Waals surface area contributed by atoms with Crippen molar-refractivity contribution in [2.45, 2.75) is 13.3 Å². The van der Waals surface area contributed by atoms with E-state index in [9.17, 15) is 9.59 Å². The predicted molar refractivity (Wildman–Crippen MR) is 125 cm³/mol. The minimum atomic E-state index is -0.341. The maximum Gasteiger partial charge on any atom is 0.250 e. The van der Waals surface area contributed by atoms with Crippen molar-refractivity contribution in [1.82, 2.24) is 10.3 Å². The van der Waals surface area contributed by atoms with Crippen LogP contribution in [-0.2, 0) is 9.59 Å². The number of hydrogen-bond acceptors (Lipinski definition) is 6. The van der Waals surface area contributed by atoms with Gasteiger partial charge >= 0.3 is 0 Å². The van der Waals surface area contributed by atoms with E-state index in [0.29, 0.717) is 17.2 Å². The number of anilines is 2. The van der Waals surface area contributed by atoms with Gasteiger partial charge in [0.15, 0.2) is 10.2 Å². The highest BCUT2D eigenvalue weighted by Gasteiger charge is 2.08. The molecule has 3 N–H and O–H groups in total. The fraction of sp³-hybridized carbons (Fsp3) is 0.143. The lowest BCUT2D eigenvalue weighted by atomic mass is 10.2. The molecule has 0 saturated carbocycles. The normalized spacial score (nSPS) is 10.7. The van der Waals surface area contributed by atoms with E-state index in [2.05, 4.69) is 20.9 Å². The zero-order chi connectivity index (χ0) is 21.5. The Labute approximate surface area is 183 Å². The van der Waals surface area contributed by atoms with Crippen molar-refractivity contribution in [1.29, 1.82) is 0 Å². The third kappa shape index (κ3) is 5.85. The third-order valence-electron chi connectivity index (χ3n) is 3.99. The number of thiocarbonyl (C=S) groups is 1. The number of rotatable bonds is 6. The van der Waals surface area contributed by atoms with Crippen LogP contribution in [0.4, 0.5) is 10.8 Å². The van der Waals surface area contributed by atoms with Gasteiger partial charge in [-0.05, 0) is 54.2 Å². The van der Waals surface area contributed by atoms with Crippen molar-refractivity contribution in [3.8, 4) is 5.75 Å². The summed E-state index contributed by atoms with van der Waals surface area (Å²) in [5.41, 5.74) is 2.35. The molecule has 30 heavy (non-hydrogen) atoms. The molecule has 0 fully saturated rings. The average molecular weight is 441 g/mol. The van der Waals surface area contributed by atoms with Crippen molar-refractivity contribution >= 4 is 67.6 Å². The highest BCUT2D eigenvalue weighted by molar-refractivity contribution is 7.80. The van der Waals surface area contributed by atoms with E-state index >= 15 is 0 Å². The molecule has 9 heteroatoms. The summed E-state index contributed by atoms with van der Waals surface area (Å²) in [4.78, 5) is 28.0. The molecular formula is C21H20N4O3S2. The number of carbonyl (C=O) groups is 2. The summed E-state index contributed by atoms with van der Waals surface area (Å²) in [6.07, 6.45) is 3.49. The number of amides is 2. The number of hydrogen-bond donors (Lipinski definition) is 3. The topological polar surface area (TPSA) is 92.4 Å². The first-order valence-electron chi connectivity index (χ1n) is 9.11. The van der Waals surface area contributed by atoms with Crippen molar-refractivity contribution < 1.29 is 14.3 Å². The van der Waals surface area contributed by atoms with Gasteiger partial charge in [0.05, 0.1) is 17.3 Å². The van der Waals surface area contributed by atoms with Gasteiger partial charge in [-0.3, -0.25) is 14.9 Å². The van der Waals surface area contributed by atoms with E-state index in [4.69, 9.17) is 17.0 Å². The summed E-state index contributed by atoms with van der Waals surface area (Å²) in [6, 6.07) is 12.8.